The van der Waals surface area contributed by atoms with Gasteiger partial charge in [0, 0.05) is 31.2 Å². The van der Waals surface area contributed by atoms with Crippen molar-refractivity contribution in [3.8, 4) is 0 Å². The number of anilines is 1. The molecule has 0 spiro atoms. The Hall–Kier alpha value is -2.04. The van der Waals surface area contributed by atoms with Crippen LogP contribution in [0.4, 0.5) is 5.69 Å². The van der Waals surface area contributed by atoms with E-state index >= 15 is 0 Å². The second-order valence-electron chi connectivity index (χ2n) is 5.00. The molecule has 5 nitrogen and oxygen atoms in total. The van der Waals surface area contributed by atoms with E-state index < -0.39 is 5.97 Å². The summed E-state index contributed by atoms with van der Waals surface area (Å²) in [5, 5.41) is 12.1. The number of aromatic carboxylic acids is 1. The summed E-state index contributed by atoms with van der Waals surface area (Å²) in [7, 11) is 0. The summed E-state index contributed by atoms with van der Waals surface area (Å²) in [6.45, 7) is 3.44. The van der Waals surface area contributed by atoms with E-state index in [1.165, 1.54) is 0 Å². The van der Waals surface area contributed by atoms with Crippen LogP contribution in [0.3, 0.4) is 0 Å². The average Bonchev–Trinajstić information content (AvgIpc) is 2.93. The van der Waals surface area contributed by atoms with Crippen molar-refractivity contribution in [3.05, 3.63) is 29.8 Å². The number of nitrogens with zero attached hydrogens (tertiary/aromatic N) is 1. The van der Waals surface area contributed by atoms with Crippen LogP contribution in [-0.4, -0.2) is 41.0 Å². The number of likely N-dealkylation sites (tertiary alicyclic amines) is 1. The number of nitrogens with one attached hydrogen (secondary N) is 1. The summed E-state index contributed by atoms with van der Waals surface area (Å²) >= 11 is 0. The number of rotatable bonds is 5. The predicted octanol–water partition coefficient (Wildman–Crippen LogP) is 2.20. The van der Waals surface area contributed by atoms with Gasteiger partial charge in [0.05, 0.1) is 5.56 Å². The van der Waals surface area contributed by atoms with E-state index in [1.54, 1.807) is 24.3 Å². The lowest BCUT2D eigenvalue weighted by Gasteiger charge is -2.25. The van der Waals surface area contributed by atoms with Crippen molar-refractivity contribution in [1.29, 1.82) is 0 Å². The molecular weight excluding hydrogens is 256 g/mol. The van der Waals surface area contributed by atoms with Gasteiger partial charge in [-0.3, -0.25) is 4.79 Å². The predicted molar refractivity (Wildman–Crippen MR) is 76.9 cm³/mol. The number of carbonyl (C=O) groups is 2. The van der Waals surface area contributed by atoms with Crippen LogP contribution >= 0.6 is 0 Å². The highest BCUT2D eigenvalue weighted by atomic mass is 16.4. The van der Waals surface area contributed by atoms with Crippen LogP contribution in [0.2, 0.25) is 0 Å². The zero-order chi connectivity index (χ0) is 14.5. The highest BCUT2D eigenvalue weighted by molar-refractivity contribution is 5.88. The summed E-state index contributed by atoms with van der Waals surface area (Å²) in [5.74, 6) is -0.720. The van der Waals surface area contributed by atoms with E-state index in [0.717, 1.165) is 25.1 Å². The fourth-order valence-corrected chi connectivity index (χ4v) is 2.55. The van der Waals surface area contributed by atoms with Crippen molar-refractivity contribution in [2.45, 2.75) is 32.2 Å². The van der Waals surface area contributed by atoms with Crippen LogP contribution in [-0.2, 0) is 4.79 Å². The quantitative estimate of drug-likeness (QED) is 0.865. The molecule has 1 aromatic carbocycles. The summed E-state index contributed by atoms with van der Waals surface area (Å²) in [6.07, 6.45) is 2.62. The lowest BCUT2D eigenvalue weighted by Crippen LogP contribution is -2.39. The van der Waals surface area contributed by atoms with Gasteiger partial charge >= 0.3 is 5.97 Å². The van der Waals surface area contributed by atoms with Crippen molar-refractivity contribution < 1.29 is 14.7 Å². The molecule has 1 aliphatic heterocycles. The molecule has 0 bridgehead atoms. The Morgan fingerprint density at radius 1 is 1.35 bits per heavy atom. The van der Waals surface area contributed by atoms with Crippen LogP contribution in [0.15, 0.2) is 24.3 Å². The van der Waals surface area contributed by atoms with Gasteiger partial charge in [-0.15, -0.1) is 0 Å². The third-order valence-corrected chi connectivity index (χ3v) is 3.67. The molecule has 5 heteroatoms. The maximum atomic E-state index is 11.8. The van der Waals surface area contributed by atoms with E-state index in [0.29, 0.717) is 13.0 Å². The Bertz CT molecular complexity index is 484. The van der Waals surface area contributed by atoms with Gasteiger partial charge in [-0.2, -0.15) is 0 Å². The molecule has 1 amide bonds. The van der Waals surface area contributed by atoms with E-state index in [9.17, 15) is 9.59 Å². The smallest absolute Gasteiger partial charge is 0.335 e. The molecule has 0 radical (unpaired) electrons. The highest BCUT2D eigenvalue weighted by Crippen LogP contribution is 2.19. The first kappa shape index (κ1) is 14.4. The maximum Gasteiger partial charge on any atom is 0.335 e. The lowest BCUT2D eigenvalue weighted by molar-refractivity contribution is -0.131. The molecular formula is C15H20N2O3. The molecule has 1 atom stereocenters. The van der Waals surface area contributed by atoms with Crippen LogP contribution in [0, 0.1) is 0 Å². The Morgan fingerprint density at radius 3 is 2.65 bits per heavy atom. The number of hydrogen-bond donors (Lipinski definition) is 2. The van der Waals surface area contributed by atoms with Gasteiger partial charge < -0.3 is 15.3 Å². The number of hydrogen-bond acceptors (Lipinski definition) is 3. The molecule has 1 heterocycles. The average molecular weight is 276 g/mol. The Labute approximate surface area is 118 Å². The molecule has 1 aliphatic rings. The molecule has 1 aromatic rings. The first-order valence-corrected chi connectivity index (χ1v) is 6.98. The minimum absolute atomic E-state index is 0.204. The van der Waals surface area contributed by atoms with Gasteiger partial charge in [-0.1, -0.05) is 6.92 Å². The highest BCUT2D eigenvalue weighted by Gasteiger charge is 2.27. The van der Waals surface area contributed by atoms with Gasteiger partial charge in [0.2, 0.25) is 5.91 Å². The van der Waals surface area contributed by atoms with Gasteiger partial charge in [0.1, 0.15) is 0 Å². The third kappa shape index (κ3) is 3.29. The summed E-state index contributed by atoms with van der Waals surface area (Å²) < 4.78 is 0. The fourth-order valence-electron chi connectivity index (χ4n) is 2.55. The molecule has 0 unspecified atom stereocenters. The Kier molecular flexibility index (Phi) is 4.61. The van der Waals surface area contributed by atoms with Gasteiger partial charge in [-0.25, -0.2) is 4.79 Å². The Morgan fingerprint density at radius 2 is 2.05 bits per heavy atom. The molecule has 1 fully saturated rings. The summed E-state index contributed by atoms with van der Waals surface area (Å²) in [6, 6.07) is 6.90. The first-order chi connectivity index (χ1) is 9.61. The van der Waals surface area contributed by atoms with Crippen molar-refractivity contribution in [1.82, 2.24) is 4.90 Å². The second kappa shape index (κ2) is 6.41. The molecule has 1 saturated heterocycles. The standard InChI is InChI=1S/C15H20N2O3/c1-2-14(18)17-9-3-4-13(17)10-16-12-7-5-11(6-8-12)15(19)20/h5-8,13,16H,2-4,9-10H2,1H3,(H,19,20)/t13-/m0/s1. The number of benzene rings is 1. The van der Waals surface area contributed by atoms with Crippen LogP contribution in [0.5, 0.6) is 0 Å². The maximum absolute atomic E-state index is 11.8. The van der Waals surface area contributed by atoms with Crippen LogP contribution < -0.4 is 5.32 Å². The van der Waals surface area contributed by atoms with Crippen LogP contribution in [0.25, 0.3) is 0 Å². The van der Waals surface area contributed by atoms with E-state index in [4.69, 9.17) is 5.11 Å². The second-order valence-corrected chi connectivity index (χ2v) is 5.00. The molecule has 2 rings (SSSR count). The van der Waals surface area contributed by atoms with Gasteiger partial charge in [-0.05, 0) is 37.1 Å². The van der Waals surface area contributed by atoms with Gasteiger partial charge in [0.15, 0.2) is 0 Å². The number of carboxylic acid groups (broad SMARTS) is 1. The third-order valence-electron chi connectivity index (χ3n) is 3.67. The first-order valence-electron chi connectivity index (χ1n) is 6.98. The zero-order valence-electron chi connectivity index (χ0n) is 11.6. The normalized spacial score (nSPS) is 18.1. The van der Waals surface area contributed by atoms with Crippen molar-refractivity contribution in [3.63, 3.8) is 0 Å². The molecule has 0 aromatic heterocycles. The topological polar surface area (TPSA) is 69.6 Å². The minimum atomic E-state index is -0.924. The summed E-state index contributed by atoms with van der Waals surface area (Å²) in [4.78, 5) is 24.5. The SMILES string of the molecule is CCC(=O)N1CCC[C@H]1CNc1ccc(C(=O)O)cc1. The van der Waals surface area contributed by atoms with Crippen molar-refractivity contribution in [2.75, 3.05) is 18.4 Å². The van der Waals surface area contributed by atoms with E-state index in [2.05, 4.69) is 5.32 Å². The molecule has 0 saturated carbocycles. The zero-order valence-corrected chi connectivity index (χ0v) is 11.6. The summed E-state index contributed by atoms with van der Waals surface area (Å²) in [5.41, 5.74) is 1.16. The number of carbonyl (C=O) groups excluding carboxylic acids is 1. The number of amides is 1. The van der Waals surface area contributed by atoms with E-state index in [1.807, 2.05) is 11.8 Å². The Balaban J connectivity index is 1.91. The van der Waals surface area contributed by atoms with Crippen molar-refractivity contribution >= 4 is 17.6 Å². The molecule has 0 aliphatic carbocycles. The largest absolute Gasteiger partial charge is 0.478 e. The minimum Gasteiger partial charge on any atom is -0.478 e. The molecule has 20 heavy (non-hydrogen) atoms. The lowest BCUT2D eigenvalue weighted by atomic mass is 10.2. The van der Waals surface area contributed by atoms with Gasteiger partial charge in [0.25, 0.3) is 0 Å². The fraction of sp³-hybridized carbons (Fsp3) is 0.467. The van der Waals surface area contributed by atoms with E-state index in [-0.39, 0.29) is 17.5 Å². The number of carboxylic acids is 1. The molecule has 2 N–H and O–H groups in total. The van der Waals surface area contributed by atoms with Crippen molar-refractivity contribution in [2.24, 2.45) is 0 Å². The molecule has 108 valence electrons. The van der Waals surface area contributed by atoms with Crippen LogP contribution in [0.1, 0.15) is 36.5 Å². The monoisotopic (exact) mass is 276 g/mol.